The number of benzene rings is 1. The summed E-state index contributed by atoms with van der Waals surface area (Å²) in [5.41, 5.74) is 1.06. The lowest BCUT2D eigenvalue weighted by Gasteiger charge is -2.26. The van der Waals surface area contributed by atoms with E-state index in [2.05, 4.69) is 41.8 Å². The van der Waals surface area contributed by atoms with Crippen molar-refractivity contribution >= 4 is 61.1 Å². The molecule has 10 nitrogen and oxygen atoms in total. The number of nitrogens with zero attached hydrogens (tertiary/aromatic N) is 3. The minimum Gasteiger partial charge on any atom is -0.493 e. The summed E-state index contributed by atoms with van der Waals surface area (Å²) in [4.78, 5) is 34.5. The van der Waals surface area contributed by atoms with E-state index in [4.69, 9.17) is 23.4 Å². The maximum atomic E-state index is 14.0. The average Bonchev–Trinajstić information content (AvgIpc) is 3.47. The number of methoxy groups -OCH3 is 1. The van der Waals surface area contributed by atoms with Gasteiger partial charge in [-0.25, -0.2) is 9.79 Å². The van der Waals surface area contributed by atoms with Crippen LogP contribution in [0.15, 0.2) is 52.6 Å². The molecule has 1 fully saturated rings. The lowest BCUT2D eigenvalue weighted by Crippen LogP contribution is -2.40. The average molecular weight is 711 g/mol. The Balaban J connectivity index is 1.67. The van der Waals surface area contributed by atoms with Crippen molar-refractivity contribution in [2.24, 2.45) is 4.99 Å². The molecule has 1 aromatic carbocycles. The van der Waals surface area contributed by atoms with Crippen LogP contribution >= 0.6 is 43.2 Å². The molecule has 13 heteroatoms. The molecule has 0 amide bonds. The third-order valence-corrected chi connectivity index (χ3v) is 8.89. The Morgan fingerprint density at radius 2 is 1.90 bits per heavy atom. The van der Waals surface area contributed by atoms with Crippen LogP contribution in [0, 0.1) is 0 Å². The van der Waals surface area contributed by atoms with Gasteiger partial charge in [0.1, 0.15) is 5.76 Å². The largest absolute Gasteiger partial charge is 0.493 e. The van der Waals surface area contributed by atoms with Crippen molar-refractivity contribution in [3.05, 3.63) is 69.4 Å². The molecule has 2 aliphatic rings. The second-order valence-electron chi connectivity index (χ2n) is 9.16. The molecule has 0 radical (unpaired) electrons. The second kappa shape index (κ2) is 12.6. The molecule has 0 aliphatic carbocycles. The molecular formula is C28H29Br2N3O7S. The van der Waals surface area contributed by atoms with Gasteiger partial charge in [0, 0.05) is 29.7 Å². The molecule has 0 unspecified atom stereocenters. The number of ether oxygens (including phenoxy) is 4. The van der Waals surface area contributed by atoms with Gasteiger partial charge in [0.25, 0.3) is 5.56 Å². The van der Waals surface area contributed by atoms with Gasteiger partial charge in [-0.1, -0.05) is 27.3 Å². The summed E-state index contributed by atoms with van der Waals surface area (Å²) in [6, 6.07) is 4.56. The number of hydrogen-bond acceptors (Lipinski definition) is 10. The Morgan fingerprint density at radius 1 is 1.15 bits per heavy atom. The molecule has 0 spiro atoms. The zero-order chi connectivity index (χ0) is 29.3. The highest BCUT2D eigenvalue weighted by molar-refractivity contribution is 9.11. The number of esters is 1. The molecule has 1 atom stereocenters. The molecule has 2 aliphatic heterocycles. The molecule has 218 valence electrons. The Morgan fingerprint density at radius 3 is 2.59 bits per heavy atom. The van der Waals surface area contributed by atoms with E-state index in [1.54, 1.807) is 39.2 Å². The van der Waals surface area contributed by atoms with Gasteiger partial charge in [0.05, 0.1) is 59.9 Å². The zero-order valence-electron chi connectivity index (χ0n) is 23.0. The molecular weight excluding hydrogens is 682 g/mol. The molecule has 5 rings (SSSR count). The number of allylic oxidation sites excluding steroid dienone is 1. The number of anilines is 1. The number of halogens is 2. The molecule has 0 bridgehead atoms. The van der Waals surface area contributed by atoms with E-state index in [-0.39, 0.29) is 17.7 Å². The Bertz CT molecular complexity index is 1690. The third-order valence-electron chi connectivity index (χ3n) is 6.65. The van der Waals surface area contributed by atoms with Gasteiger partial charge in [0.2, 0.25) is 5.88 Å². The summed E-state index contributed by atoms with van der Waals surface area (Å²) in [5.74, 6) is 1.68. The number of morpholine rings is 1. The smallest absolute Gasteiger partial charge is 0.338 e. The van der Waals surface area contributed by atoms with Crippen LogP contribution in [0.4, 0.5) is 5.88 Å². The SMILES string of the molecule is CCOC(=O)C1=C(C)N=c2s/c(=C/c3cc(Br)c(N4CCOCC4)o3)c(=O)n2[C@H]1c1cc(OC)c(OCC)cc1Br. The summed E-state index contributed by atoms with van der Waals surface area (Å²) in [6.45, 7) is 8.65. The van der Waals surface area contributed by atoms with Gasteiger partial charge in [-0.3, -0.25) is 9.36 Å². The number of carbonyl (C=O) groups excluding carboxylic acids is 1. The molecule has 1 saturated heterocycles. The van der Waals surface area contributed by atoms with Gasteiger partial charge < -0.3 is 28.3 Å². The van der Waals surface area contributed by atoms with E-state index >= 15 is 0 Å². The van der Waals surface area contributed by atoms with Crippen LogP contribution in [-0.4, -0.2) is 57.2 Å². The van der Waals surface area contributed by atoms with Gasteiger partial charge in [-0.2, -0.15) is 0 Å². The number of hydrogen-bond donors (Lipinski definition) is 0. The lowest BCUT2D eigenvalue weighted by molar-refractivity contribution is -0.139. The number of carbonyl (C=O) groups is 1. The van der Waals surface area contributed by atoms with Crippen molar-refractivity contribution in [3.8, 4) is 11.5 Å². The van der Waals surface area contributed by atoms with Crippen molar-refractivity contribution in [2.75, 3.05) is 51.5 Å². The molecule has 41 heavy (non-hydrogen) atoms. The quantitative estimate of drug-likeness (QED) is 0.321. The Kier molecular flexibility index (Phi) is 9.07. The van der Waals surface area contributed by atoms with Crippen molar-refractivity contribution in [2.45, 2.75) is 26.8 Å². The van der Waals surface area contributed by atoms with Gasteiger partial charge in [-0.15, -0.1) is 0 Å². The van der Waals surface area contributed by atoms with Crippen LogP contribution in [0.1, 0.15) is 38.1 Å². The van der Waals surface area contributed by atoms with E-state index in [1.165, 1.54) is 15.9 Å². The summed E-state index contributed by atoms with van der Waals surface area (Å²) in [5, 5.41) is 0. The minimum absolute atomic E-state index is 0.180. The number of aromatic nitrogens is 1. The second-order valence-corrected chi connectivity index (χ2v) is 11.9. The van der Waals surface area contributed by atoms with Gasteiger partial charge in [0.15, 0.2) is 16.3 Å². The Labute approximate surface area is 257 Å². The molecule has 0 N–H and O–H groups in total. The molecule has 2 aromatic heterocycles. The van der Waals surface area contributed by atoms with Crippen LogP contribution in [0.25, 0.3) is 6.08 Å². The van der Waals surface area contributed by atoms with Crippen LogP contribution in [0.2, 0.25) is 0 Å². The summed E-state index contributed by atoms with van der Waals surface area (Å²) >= 11 is 8.45. The molecule has 3 aromatic rings. The summed E-state index contributed by atoms with van der Waals surface area (Å²) < 4.78 is 31.7. The first-order chi connectivity index (χ1) is 19.8. The van der Waals surface area contributed by atoms with E-state index in [0.717, 1.165) is 4.47 Å². The first-order valence-electron chi connectivity index (χ1n) is 13.1. The first kappa shape index (κ1) is 29.6. The minimum atomic E-state index is -0.821. The topological polar surface area (TPSA) is 105 Å². The van der Waals surface area contributed by atoms with Crippen LogP contribution in [0.3, 0.4) is 0 Å². The normalized spacial score (nSPS) is 17.4. The number of rotatable bonds is 8. The summed E-state index contributed by atoms with van der Waals surface area (Å²) in [6.07, 6.45) is 1.70. The standard InChI is InChI=1S/C28H29Br2N3O7S/c1-5-38-21-14-18(29)17(13-20(21)36-4)24-23(27(35)39-6-2)15(3)31-28-33(24)25(34)22(41-28)12-16-11-19(30)26(40-16)32-7-9-37-10-8-32/h11-14,24H,5-10H2,1-4H3/b22-12+/t24-/m0/s1. The monoisotopic (exact) mass is 709 g/mol. The summed E-state index contributed by atoms with van der Waals surface area (Å²) in [7, 11) is 1.54. The van der Waals surface area contributed by atoms with Crippen LogP contribution in [0.5, 0.6) is 11.5 Å². The number of thiazole rings is 1. The molecule has 4 heterocycles. The third kappa shape index (κ3) is 5.77. The van der Waals surface area contributed by atoms with E-state index in [0.29, 0.717) is 81.1 Å². The van der Waals surface area contributed by atoms with Gasteiger partial charge in [-0.05, 0) is 54.4 Å². The van der Waals surface area contributed by atoms with E-state index < -0.39 is 12.0 Å². The maximum absolute atomic E-state index is 14.0. The molecule has 0 saturated carbocycles. The number of fused-ring (bicyclic) bond motifs is 1. The zero-order valence-corrected chi connectivity index (χ0v) is 27.0. The van der Waals surface area contributed by atoms with Crippen LogP contribution in [-0.2, 0) is 14.3 Å². The first-order valence-corrected chi connectivity index (χ1v) is 15.5. The highest BCUT2D eigenvalue weighted by atomic mass is 79.9. The van der Waals surface area contributed by atoms with Crippen molar-refractivity contribution in [1.29, 1.82) is 0 Å². The number of furan rings is 1. The van der Waals surface area contributed by atoms with Crippen molar-refractivity contribution in [1.82, 2.24) is 4.57 Å². The van der Waals surface area contributed by atoms with Crippen LogP contribution < -0.4 is 29.3 Å². The predicted molar refractivity (Wildman–Crippen MR) is 162 cm³/mol. The fraction of sp³-hybridized carbons (Fsp3) is 0.393. The lowest BCUT2D eigenvalue weighted by atomic mass is 9.95. The van der Waals surface area contributed by atoms with E-state index in [9.17, 15) is 9.59 Å². The fourth-order valence-electron chi connectivity index (χ4n) is 4.83. The maximum Gasteiger partial charge on any atom is 0.338 e. The van der Waals surface area contributed by atoms with E-state index in [1.807, 2.05) is 13.0 Å². The predicted octanol–water partition coefficient (Wildman–Crippen LogP) is 4.16. The van der Waals surface area contributed by atoms with Gasteiger partial charge >= 0.3 is 5.97 Å². The van der Waals surface area contributed by atoms with Crippen molar-refractivity contribution in [3.63, 3.8) is 0 Å². The highest BCUT2D eigenvalue weighted by Crippen LogP contribution is 2.41. The van der Waals surface area contributed by atoms with Crippen molar-refractivity contribution < 1.29 is 28.2 Å². The highest BCUT2D eigenvalue weighted by Gasteiger charge is 2.35. The fourth-order valence-corrected chi connectivity index (χ4v) is 6.96. The Hall–Kier alpha value is -2.87.